The number of H-pyrrole nitrogens is 1. The van der Waals surface area contributed by atoms with Crippen LogP contribution in [0.4, 0.5) is 0 Å². The molecule has 0 spiro atoms. The molecule has 25 heavy (non-hydrogen) atoms. The summed E-state index contributed by atoms with van der Waals surface area (Å²) in [5.74, 6) is 0. The van der Waals surface area contributed by atoms with Crippen molar-refractivity contribution in [2.45, 2.75) is 9.79 Å². The number of hydrogen-bond acceptors (Lipinski definition) is 1. The van der Waals surface area contributed by atoms with Crippen molar-refractivity contribution in [3.63, 3.8) is 0 Å². The molecule has 0 saturated carbocycles. The van der Waals surface area contributed by atoms with Gasteiger partial charge in [-0.15, -0.1) is 0 Å². The second kappa shape index (κ2) is 4.81. The first-order chi connectivity index (χ1) is 12.3. The topological polar surface area (TPSA) is 15.8 Å². The van der Waals surface area contributed by atoms with Gasteiger partial charge in [-0.1, -0.05) is 59.8 Å². The maximum atomic E-state index is 6.28. The molecule has 0 saturated heterocycles. The first kappa shape index (κ1) is 13.8. The highest BCUT2D eigenvalue weighted by Crippen LogP contribution is 2.50. The minimum absolute atomic E-state index is 0.772. The molecule has 1 N–H and O–H groups in total. The summed E-state index contributed by atoms with van der Waals surface area (Å²) in [4.78, 5) is 6.20. The van der Waals surface area contributed by atoms with Crippen LogP contribution < -0.4 is 0 Å². The van der Waals surface area contributed by atoms with E-state index in [4.69, 9.17) is 11.6 Å². The zero-order valence-corrected chi connectivity index (χ0v) is 14.7. The minimum Gasteiger partial charge on any atom is -0.354 e. The van der Waals surface area contributed by atoms with Crippen LogP contribution in [0.25, 0.3) is 43.7 Å². The molecular formula is C22H12ClNS. The van der Waals surface area contributed by atoms with Crippen molar-refractivity contribution in [1.29, 1.82) is 0 Å². The van der Waals surface area contributed by atoms with Gasteiger partial charge in [-0.25, -0.2) is 0 Å². The van der Waals surface area contributed by atoms with Gasteiger partial charge in [-0.2, -0.15) is 0 Å². The summed E-state index contributed by atoms with van der Waals surface area (Å²) in [7, 11) is 0. The van der Waals surface area contributed by atoms with Crippen LogP contribution in [0.2, 0.25) is 5.02 Å². The van der Waals surface area contributed by atoms with Gasteiger partial charge in [0.25, 0.3) is 0 Å². The Balaban J connectivity index is 1.87. The number of rotatable bonds is 0. The number of halogens is 1. The Kier molecular flexibility index (Phi) is 2.66. The largest absolute Gasteiger partial charge is 0.354 e. The summed E-state index contributed by atoms with van der Waals surface area (Å²) in [6.07, 6.45) is 0. The molecule has 0 fully saturated rings. The molecular weight excluding hydrogens is 346 g/mol. The smallest absolute Gasteiger partial charge is 0.0482 e. The first-order valence-corrected chi connectivity index (χ1v) is 9.43. The van der Waals surface area contributed by atoms with Gasteiger partial charge >= 0.3 is 0 Å². The van der Waals surface area contributed by atoms with E-state index < -0.39 is 0 Å². The molecule has 6 rings (SSSR count). The van der Waals surface area contributed by atoms with Crippen molar-refractivity contribution >= 4 is 55.9 Å². The lowest BCUT2D eigenvalue weighted by atomic mass is 9.95. The summed E-state index contributed by atoms with van der Waals surface area (Å²) in [6, 6.07) is 23.6. The van der Waals surface area contributed by atoms with E-state index in [9.17, 15) is 0 Å². The van der Waals surface area contributed by atoms with Crippen molar-refractivity contribution in [2.24, 2.45) is 0 Å². The summed E-state index contributed by atoms with van der Waals surface area (Å²) in [6.45, 7) is 0. The average Bonchev–Trinajstić information content (AvgIpc) is 2.99. The Morgan fingerprint density at radius 1 is 0.680 bits per heavy atom. The van der Waals surface area contributed by atoms with E-state index in [1.165, 1.54) is 48.0 Å². The Bertz CT molecular complexity index is 1330. The van der Waals surface area contributed by atoms with Gasteiger partial charge < -0.3 is 4.98 Å². The third kappa shape index (κ3) is 1.81. The number of benzene rings is 4. The van der Waals surface area contributed by atoms with Gasteiger partial charge in [0.05, 0.1) is 0 Å². The highest BCUT2D eigenvalue weighted by molar-refractivity contribution is 7.99. The van der Waals surface area contributed by atoms with Gasteiger partial charge in [-0.05, 0) is 46.8 Å². The highest BCUT2D eigenvalue weighted by Gasteiger charge is 2.21. The summed E-state index contributed by atoms with van der Waals surface area (Å²) >= 11 is 8.13. The van der Waals surface area contributed by atoms with Crippen LogP contribution in [0.15, 0.2) is 76.5 Å². The van der Waals surface area contributed by atoms with Crippen LogP contribution in [-0.2, 0) is 0 Å². The highest BCUT2D eigenvalue weighted by atomic mass is 35.5. The minimum atomic E-state index is 0.772. The first-order valence-electron chi connectivity index (χ1n) is 8.23. The molecule has 4 aromatic carbocycles. The van der Waals surface area contributed by atoms with Gasteiger partial charge in [0.1, 0.15) is 0 Å². The zero-order chi connectivity index (χ0) is 16.5. The SMILES string of the molecule is Clc1ccc2[nH]c3cc4c5c(cccc5c3c2c1)-c1ccccc1S4. The van der Waals surface area contributed by atoms with Crippen molar-refractivity contribution in [3.8, 4) is 11.1 Å². The third-order valence-corrected chi connectivity index (χ3v) is 6.40. The van der Waals surface area contributed by atoms with Gasteiger partial charge in [0.15, 0.2) is 0 Å². The molecule has 5 aromatic rings. The standard InChI is InChI=1S/C22H12ClNS/c23-12-8-9-17-16(10-12)21-15-6-3-5-14-13-4-1-2-7-19(13)25-20(22(14)15)11-18(21)24-17/h1-11,24H. The van der Waals surface area contributed by atoms with Gasteiger partial charge in [0, 0.05) is 42.0 Å². The Labute approximate surface area is 153 Å². The lowest BCUT2D eigenvalue weighted by molar-refractivity contribution is 1.40. The molecule has 1 aliphatic heterocycles. The van der Waals surface area contributed by atoms with Crippen LogP contribution in [-0.4, -0.2) is 4.98 Å². The van der Waals surface area contributed by atoms with Crippen LogP contribution in [0, 0.1) is 0 Å². The van der Waals surface area contributed by atoms with E-state index in [0.717, 1.165) is 10.5 Å². The fourth-order valence-corrected chi connectivity index (χ4v) is 5.36. The van der Waals surface area contributed by atoms with Crippen molar-refractivity contribution in [1.82, 2.24) is 4.98 Å². The maximum Gasteiger partial charge on any atom is 0.0482 e. The Hall–Kier alpha value is -2.42. The third-order valence-electron chi connectivity index (χ3n) is 5.04. The van der Waals surface area contributed by atoms with Crippen LogP contribution >= 0.6 is 23.4 Å². The van der Waals surface area contributed by atoms with Crippen molar-refractivity contribution in [3.05, 3.63) is 71.8 Å². The number of fused-ring (bicyclic) bond motifs is 6. The molecule has 0 amide bonds. The van der Waals surface area contributed by atoms with E-state index >= 15 is 0 Å². The summed E-state index contributed by atoms with van der Waals surface area (Å²) in [5, 5.41) is 5.86. The van der Waals surface area contributed by atoms with Crippen LogP contribution in [0.5, 0.6) is 0 Å². The molecule has 0 atom stereocenters. The number of hydrogen-bond donors (Lipinski definition) is 1. The number of aromatic amines is 1. The van der Waals surface area contributed by atoms with E-state index in [2.05, 4.69) is 65.6 Å². The second-order valence-corrected chi connectivity index (χ2v) is 7.96. The van der Waals surface area contributed by atoms with Crippen LogP contribution in [0.1, 0.15) is 0 Å². The second-order valence-electron chi connectivity index (χ2n) is 6.44. The predicted octanol–water partition coefficient (Wildman–Crippen LogP) is 7.26. The van der Waals surface area contributed by atoms with Crippen LogP contribution in [0.3, 0.4) is 0 Å². The van der Waals surface area contributed by atoms with E-state index in [1.54, 1.807) is 0 Å². The molecule has 1 aromatic heterocycles. The summed E-state index contributed by atoms with van der Waals surface area (Å²) < 4.78 is 0. The Morgan fingerprint density at radius 2 is 1.56 bits per heavy atom. The average molecular weight is 358 g/mol. The number of aromatic nitrogens is 1. The van der Waals surface area contributed by atoms with Gasteiger partial charge in [-0.3, -0.25) is 0 Å². The van der Waals surface area contributed by atoms with E-state index in [-0.39, 0.29) is 0 Å². The lowest BCUT2D eigenvalue weighted by Gasteiger charge is -2.20. The lowest BCUT2D eigenvalue weighted by Crippen LogP contribution is -1.92. The van der Waals surface area contributed by atoms with E-state index in [0.29, 0.717) is 0 Å². The fourth-order valence-electron chi connectivity index (χ4n) is 4.01. The molecule has 3 heteroatoms. The number of nitrogens with one attached hydrogen (secondary N) is 1. The normalized spacial score (nSPS) is 12.8. The molecule has 1 aliphatic rings. The zero-order valence-electron chi connectivity index (χ0n) is 13.1. The van der Waals surface area contributed by atoms with Gasteiger partial charge in [0.2, 0.25) is 0 Å². The summed E-state index contributed by atoms with van der Waals surface area (Å²) in [5.41, 5.74) is 4.94. The predicted molar refractivity (Wildman–Crippen MR) is 108 cm³/mol. The Morgan fingerprint density at radius 3 is 2.52 bits per heavy atom. The monoisotopic (exact) mass is 357 g/mol. The molecule has 0 aliphatic carbocycles. The quantitative estimate of drug-likeness (QED) is 0.302. The van der Waals surface area contributed by atoms with Crippen molar-refractivity contribution < 1.29 is 0 Å². The maximum absolute atomic E-state index is 6.28. The van der Waals surface area contributed by atoms with E-state index in [1.807, 2.05) is 17.8 Å². The molecule has 0 radical (unpaired) electrons. The van der Waals surface area contributed by atoms with Crippen molar-refractivity contribution in [2.75, 3.05) is 0 Å². The molecule has 2 heterocycles. The molecule has 0 unspecified atom stereocenters. The molecule has 118 valence electrons. The molecule has 1 nitrogen and oxygen atoms in total. The molecule has 0 bridgehead atoms. The fraction of sp³-hybridized carbons (Fsp3) is 0.